The summed E-state index contributed by atoms with van der Waals surface area (Å²) in [6.07, 6.45) is 0.809. The maximum absolute atomic E-state index is 11.8. The number of aryl methyl sites for hydroxylation is 1. The lowest BCUT2D eigenvalue weighted by Crippen LogP contribution is -2.42. The Morgan fingerprint density at radius 1 is 1.29 bits per heavy atom. The van der Waals surface area contributed by atoms with Crippen molar-refractivity contribution in [2.45, 2.75) is 52.2 Å². The second kappa shape index (κ2) is 7.46. The van der Waals surface area contributed by atoms with E-state index >= 15 is 0 Å². The molecular weight excluding hydrogens is 290 g/mol. The molecule has 1 aromatic rings. The minimum atomic E-state index is -0.664. The van der Waals surface area contributed by atoms with Crippen molar-refractivity contribution in [3.63, 3.8) is 0 Å². The van der Waals surface area contributed by atoms with Crippen LogP contribution in [0.4, 0.5) is 0 Å². The van der Waals surface area contributed by atoms with E-state index in [0.29, 0.717) is 11.4 Å². The second-order valence-corrected chi connectivity index (χ2v) is 6.32. The number of carbonyl (C=O) groups excluding carboxylic acids is 2. The smallest absolute Gasteiger partial charge is 0.328 e. The molecule has 0 spiro atoms. The van der Waals surface area contributed by atoms with E-state index in [0.717, 1.165) is 5.56 Å². The molecule has 4 nitrogen and oxygen atoms in total. The first-order valence-corrected chi connectivity index (χ1v) is 7.32. The van der Waals surface area contributed by atoms with Gasteiger partial charge in [-0.2, -0.15) is 0 Å². The van der Waals surface area contributed by atoms with E-state index in [1.807, 2.05) is 18.2 Å². The Balaban J connectivity index is 2.43. The number of rotatable bonds is 5. The Bertz CT molecular complexity index is 508. The van der Waals surface area contributed by atoms with Crippen molar-refractivity contribution in [2.24, 2.45) is 0 Å². The van der Waals surface area contributed by atoms with E-state index in [-0.39, 0.29) is 12.3 Å². The van der Waals surface area contributed by atoms with Crippen LogP contribution in [0.15, 0.2) is 24.3 Å². The predicted molar refractivity (Wildman–Crippen MR) is 83.2 cm³/mol. The van der Waals surface area contributed by atoms with Crippen molar-refractivity contribution in [1.29, 1.82) is 0 Å². The molecule has 0 aliphatic carbocycles. The van der Waals surface area contributed by atoms with Crippen LogP contribution in [0, 0.1) is 0 Å². The molecule has 0 unspecified atom stereocenters. The molecule has 5 heteroatoms. The fraction of sp³-hybridized carbons (Fsp3) is 0.500. The average molecular weight is 312 g/mol. The van der Waals surface area contributed by atoms with Crippen LogP contribution in [0.25, 0.3) is 0 Å². The highest BCUT2D eigenvalue weighted by Crippen LogP contribution is 2.16. The van der Waals surface area contributed by atoms with E-state index in [1.54, 1.807) is 33.8 Å². The minimum Gasteiger partial charge on any atom is -0.458 e. The first kappa shape index (κ1) is 17.5. The number of halogens is 1. The number of esters is 1. The van der Waals surface area contributed by atoms with Gasteiger partial charge in [-0.05, 0) is 45.7 Å². The van der Waals surface area contributed by atoms with Crippen LogP contribution < -0.4 is 5.32 Å². The lowest BCUT2D eigenvalue weighted by atomic mass is 10.1. The summed E-state index contributed by atoms with van der Waals surface area (Å²) in [4.78, 5) is 23.6. The van der Waals surface area contributed by atoms with Crippen molar-refractivity contribution in [3.8, 4) is 0 Å². The van der Waals surface area contributed by atoms with Crippen LogP contribution >= 0.6 is 11.6 Å². The Morgan fingerprint density at radius 2 is 1.90 bits per heavy atom. The van der Waals surface area contributed by atoms with Crippen LogP contribution in [0.2, 0.25) is 5.02 Å². The number of hydrogen-bond donors (Lipinski definition) is 1. The summed E-state index contributed by atoms with van der Waals surface area (Å²) >= 11 is 6.03. The molecule has 1 amide bonds. The molecule has 1 atom stereocenters. The second-order valence-electron chi connectivity index (χ2n) is 5.91. The summed E-state index contributed by atoms with van der Waals surface area (Å²) in [5, 5.41) is 3.28. The van der Waals surface area contributed by atoms with Crippen LogP contribution in [0.3, 0.4) is 0 Å². The highest BCUT2D eigenvalue weighted by Gasteiger charge is 2.22. The normalized spacial score (nSPS) is 12.6. The van der Waals surface area contributed by atoms with Gasteiger partial charge in [0.25, 0.3) is 0 Å². The summed E-state index contributed by atoms with van der Waals surface area (Å²) in [5.74, 6) is -0.637. The van der Waals surface area contributed by atoms with Crippen LogP contribution in [-0.4, -0.2) is 23.5 Å². The van der Waals surface area contributed by atoms with Crippen molar-refractivity contribution in [2.75, 3.05) is 0 Å². The van der Waals surface area contributed by atoms with Gasteiger partial charge < -0.3 is 10.1 Å². The summed E-state index contributed by atoms with van der Waals surface area (Å²) in [6.45, 7) is 6.98. The molecule has 0 saturated heterocycles. The van der Waals surface area contributed by atoms with E-state index < -0.39 is 17.6 Å². The highest BCUT2D eigenvalue weighted by molar-refractivity contribution is 6.31. The van der Waals surface area contributed by atoms with Crippen LogP contribution in [0.5, 0.6) is 0 Å². The first-order chi connectivity index (χ1) is 9.69. The monoisotopic (exact) mass is 311 g/mol. The van der Waals surface area contributed by atoms with E-state index in [4.69, 9.17) is 16.3 Å². The van der Waals surface area contributed by atoms with E-state index in [2.05, 4.69) is 5.32 Å². The van der Waals surface area contributed by atoms with Gasteiger partial charge >= 0.3 is 5.97 Å². The number of carbonyl (C=O) groups is 2. The van der Waals surface area contributed by atoms with E-state index in [9.17, 15) is 9.59 Å². The van der Waals surface area contributed by atoms with Gasteiger partial charge in [-0.15, -0.1) is 0 Å². The maximum atomic E-state index is 11.8. The van der Waals surface area contributed by atoms with Crippen LogP contribution in [-0.2, 0) is 20.7 Å². The molecule has 0 heterocycles. The zero-order chi connectivity index (χ0) is 16.0. The molecule has 0 saturated carbocycles. The van der Waals surface area contributed by atoms with E-state index in [1.165, 1.54) is 0 Å². The van der Waals surface area contributed by atoms with Gasteiger partial charge in [-0.25, -0.2) is 4.79 Å². The molecule has 21 heavy (non-hydrogen) atoms. The van der Waals surface area contributed by atoms with Crippen molar-refractivity contribution in [3.05, 3.63) is 34.9 Å². The lowest BCUT2D eigenvalue weighted by molar-refractivity contribution is -0.158. The van der Waals surface area contributed by atoms with Crippen molar-refractivity contribution < 1.29 is 14.3 Å². The fourth-order valence-corrected chi connectivity index (χ4v) is 1.94. The SMILES string of the molecule is C[C@@H](NC(=O)CCc1ccccc1Cl)C(=O)OC(C)(C)C. The first-order valence-electron chi connectivity index (χ1n) is 6.94. The van der Waals surface area contributed by atoms with Gasteiger partial charge in [-0.3, -0.25) is 4.79 Å². The number of hydrogen-bond acceptors (Lipinski definition) is 3. The molecule has 1 rings (SSSR count). The standard InChI is InChI=1S/C16H22ClNO3/c1-11(15(20)21-16(2,3)4)18-14(19)10-9-12-7-5-6-8-13(12)17/h5-8,11H,9-10H2,1-4H3,(H,18,19)/t11-/m1/s1. The molecule has 0 aliphatic heterocycles. The van der Waals surface area contributed by atoms with Crippen molar-refractivity contribution in [1.82, 2.24) is 5.32 Å². The summed E-state index contributed by atoms with van der Waals surface area (Å²) in [6, 6.07) is 6.73. The fourth-order valence-electron chi connectivity index (χ4n) is 1.71. The molecule has 0 fully saturated rings. The third-order valence-electron chi connectivity index (χ3n) is 2.72. The predicted octanol–water partition coefficient (Wildman–Crippen LogP) is 3.12. The number of amides is 1. The van der Waals surface area contributed by atoms with Gasteiger partial charge in [0.05, 0.1) is 0 Å². The number of benzene rings is 1. The lowest BCUT2D eigenvalue weighted by Gasteiger charge is -2.22. The Hall–Kier alpha value is -1.55. The minimum absolute atomic E-state index is 0.201. The highest BCUT2D eigenvalue weighted by atomic mass is 35.5. The topological polar surface area (TPSA) is 55.4 Å². The third kappa shape index (κ3) is 6.63. The van der Waals surface area contributed by atoms with Gasteiger partial charge in [0.15, 0.2) is 0 Å². The molecule has 0 aromatic heterocycles. The Morgan fingerprint density at radius 3 is 2.48 bits per heavy atom. The number of ether oxygens (including phenoxy) is 1. The Labute approximate surface area is 130 Å². The Kier molecular flexibility index (Phi) is 6.21. The number of nitrogens with one attached hydrogen (secondary N) is 1. The maximum Gasteiger partial charge on any atom is 0.328 e. The molecule has 0 radical (unpaired) electrons. The zero-order valence-electron chi connectivity index (χ0n) is 12.9. The molecule has 0 bridgehead atoms. The average Bonchev–Trinajstić information content (AvgIpc) is 2.35. The van der Waals surface area contributed by atoms with Crippen LogP contribution in [0.1, 0.15) is 39.7 Å². The van der Waals surface area contributed by atoms with Crippen molar-refractivity contribution >= 4 is 23.5 Å². The van der Waals surface area contributed by atoms with Gasteiger partial charge in [0.1, 0.15) is 11.6 Å². The molecular formula is C16H22ClNO3. The third-order valence-corrected chi connectivity index (χ3v) is 3.09. The molecule has 0 aliphatic rings. The summed E-state index contributed by atoms with van der Waals surface area (Å²) in [5.41, 5.74) is 0.354. The summed E-state index contributed by atoms with van der Waals surface area (Å²) < 4.78 is 5.21. The van der Waals surface area contributed by atoms with Gasteiger partial charge in [-0.1, -0.05) is 29.8 Å². The largest absolute Gasteiger partial charge is 0.458 e. The van der Waals surface area contributed by atoms with Gasteiger partial charge in [0, 0.05) is 11.4 Å². The quantitative estimate of drug-likeness (QED) is 0.850. The molecule has 116 valence electrons. The summed E-state index contributed by atoms with van der Waals surface area (Å²) in [7, 11) is 0. The van der Waals surface area contributed by atoms with Gasteiger partial charge in [0.2, 0.25) is 5.91 Å². The molecule has 1 aromatic carbocycles. The molecule has 1 N–H and O–H groups in total. The zero-order valence-corrected chi connectivity index (χ0v) is 13.7.